The van der Waals surface area contributed by atoms with Crippen molar-refractivity contribution in [2.24, 2.45) is 0 Å². The molecule has 0 saturated heterocycles. The molecule has 3 nitrogen and oxygen atoms in total. The molecule has 0 aliphatic heterocycles. The molecule has 1 heterocycles. The lowest BCUT2D eigenvalue weighted by Gasteiger charge is -2.17. The molecule has 0 saturated carbocycles. The van der Waals surface area contributed by atoms with Crippen LogP contribution in [-0.2, 0) is 0 Å². The van der Waals surface area contributed by atoms with E-state index in [1.54, 1.807) is 0 Å². The van der Waals surface area contributed by atoms with Crippen LogP contribution < -0.4 is 5.56 Å². The minimum absolute atomic E-state index is 0.0805. The van der Waals surface area contributed by atoms with Crippen LogP contribution in [0, 0.1) is 6.92 Å². The van der Waals surface area contributed by atoms with Gasteiger partial charge < -0.3 is 0 Å². The third-order valence-electron chi connectivity index (χ3n) is 2.99. The number of nitrogens with one attached hydrogen (secondary N) is 1. The van der Waals surface area contributed by atoms with E-state index in [1.807, 2.05) is 32.0 Å². The Morgan fingerprint density at radius 1 is 1.33 bits per heavy atom. The van der Waals surface area contributed by atoms with Gasteiger partial charge in [-0.25, -0.2) is 4.68 Å². The number of hydrogen-bond acceptors (Lipinski definition) is 1. The standard InChI is InChI=1S/C13H14Cl2N2O/c1-3-11(17-13(18)7-12(15)16-17)9-5-4-8(2)10(14)6-9/h4-7,11,16H,3H2,1-2H3. The van der Waals surface area contributed by atoms with E-state index in [1.165, 1.54) is 10.7 Å². The fourth-order valence-corrected chi connectivity index (χ4v) is 2.37. The summed E-state index contributed by atoms with van der Waals surface area (Å²) in [5.41, 5.74) is 1.88. The SMILES string of the molecule is CCC(c1ccc(C)c(Cl)c1)n1[nH]c(Cl)cc1=O. The molecule has 0 bridgehead atoms. The Kier molecular flexibility index (Phi) is 3.83. The summed E-state index contributed by atoms with van der Waals surface area (Å²) in [5.74, 6) is 0. The first-order valence-electron chi connectivity index (χ1n) is 5.76. The van der Waals surface area contributed by atoms with E-state index in [-0.39, 0.29) is 11.6 Å². The summed E-state index contributed by atoms with van der Waals surface area (Å²) in [4.78, 5) is 11.8. The van der Waals surface area contributed by atoms with Gasteiger partial charge in [0.1, 0.15) is 5.15 Å². The van der Waals surface area contributed by atoms with Crippen molar-refractivity contribution in [3.8, 4) is 0 Å². The van der Waals surface area contributed by atoms with E-state index in [0.29, 0.717) is 10.2 Å². The van der Waals surface area contributed by atoms with Crippen molar-refractivity contribution in [3.05, 3.63) is 55.9 Å². The van der Waals surface area contributed by atoms with Gasteiger partial charge in [0.05, 0.1) is 6.04 Å². The first-order valence-corrected chi connectivity index (χ1v) is 6.51. The molecule has 96 valence electrons. The average molecular weight is 285 g/mol. The Balaban J connectivity index is 2.48. The molecule has 1 unspecified atom stereocenters. The maximum absolute atomic E-state index is 11.8. The number of nitrogens with zero attached hydrogens (tertiary/aromatic N) is 1. The Bertz CT molecular complexity index is 616. The molecule has 5 heteroatoms. The fraction of sp³-hybridized carbons (Fsp3) is 0.308. The number of halogens is 2. The lowest BCUT2D eigenvalue weighted by atomic mass is 10.0. The fourth-order valence-electron chi connectivity index (χ4n) is 2.00. The van der Waals surface area contributed by atoms with Crippen molar-refractivity contribution in [2.45, 2.75) is 26.3 Å². The number of aryl methyl sites for hydroxylation is 1. The van der Waals surface area contributed by atoms with Crippen molar-refractivity contribution in [3.63, 3.8) is 0 Å². The normalized spacial score (nSPS) is 12.7. The lowest BCUT2D eigenvalue weighted by molar-refractivity contribution is 0.495. The molecule has 1 atom stereocenters. The lowest BCUT2D eigenvalue weighted by Crippen LogP contribution is -2.22. The molecule has 2 rings (SSSR count). The maximum Gasteiger partial charge on any atom is 0.268 e. The Morgan fingerprint density at radius 3 is 2.56 bits per heavy atom. The molecule has 0 radical (unpaired) electrons. The predicted molar refractivity (Wildman–Crippen MR) is 74.7 cm³/mol. The third kappa shape index (κ3) is 2.47. The van der Waals surface area contributed by atoms with Gasteiger partial charge in [-0.3, -0.25) is 9.89 Å². The molecular weight excluding hydrogens is 271 g/mol. The van der Waals surface area contributed by atoms with Crippen molar-refractivity contribution in [1.29, 1.82) is 0 Å². The predicted octanol–water partition coefficient (Wildman–Crippen LogP) is 3.79. The van der Waals surface area contributed by atoms with Crippen molar-refractivity contribution < 1.29 is 0 Å². The van der Waals surface area contributed by atoms with E-state index in [0.717, 1.165) is 17.5 Å². The van der Waals surface area contributed by atoms with Gasteiger partial charge in [0.25, 0.3) is 5.56 Å². The van der Waals surface area contributed by atoms with Gasteiger partial charge >= 0.3 is 0 Å². The molecular formula is C13H14Cl2N2O. The second kappa shape index (κ2) is 5.21. The van der Waals surface area contributed by atoms with Crippen LogP contribution in [0.25, 0.3) is 0 Å². The first-order chi connectivity index (χ1) is 8.52. The zero-order valence-electron chi connectivity index (χ0n) is 10.2. The summed E-state index contributed by atoms with van der Waals surface area (Å²) in [7, 11) is 0. The first kappa shape index (κ1) is 13.2. The minimum atomic E-state index is -0.136. The molecule has 1 aromatic carbocycles. The summed E-state index contributed by atoms with van der Waals surface area (Å²) in [6.07, 6.45) is 0.774. The number of rotatable bonds is 3. The molecule has 0 aliphatic rings. The van der Waals surface area contributed by atoms with Crippen LogP contribution in [0.5, 0.6) is 0 Å². The Hall–Kier alpha value is -1.19. The van der Waals surface area contributed by atoms with Crippen molar-refractivity contribution in [2.75, 3.05) is 0 Å². The summed E-state index contributed by atoms with van der Waals surface area (Å²) in [5, 5.41) is 3.90. The van der Waals surface area contributed by atoms with Crippen molar-refractivity contribution >= 4 is 23.2 Å². The molecule has 1 N–H and O–H groups in total. The smallest absolute Gasteiger partial charge is 0.268 e. The number of aromatic amines is 1. The van der Waals surface area contributed by atoms with Crippen molar-refractivity contribution in [1.82, 2.24) is 9.78 Å². The highest BCUT2D eigenvalue weighted by atomic mass is 35.5. The highest BCUT2D eigenvalue weighted by Gasteiger charge is 2.15. The van der Waals surface area contributed by atoms with Crippen LogP contribution >= 0.6 is 23.2 Å². The summed E-state index contributed by atoms with van der Waals surface area (Å²) in [6, 6.07) is 7.13. The van der Waals surface area contributed by atoms with Crippen LogP contribution in [-0.4, -0.2) is 9.78 Å². The van der Waals surface area contributed by atoms with Crippen LogP contribution in [0.4, 0.5) is 0 Å². The quantitative estimate of drug-likeness (QED) is 0.915. The Labute approximate surface area is 115 Å². The minimum Gasteiger partial charge on any atom is -0.284 e. The van der Waals surface area contributed by atoms with Gasteiger partial charge in [0.15, 0.2) is 0 Å². The molecule has 0 fully saturated rings. The number of benzene rings is 1. The average Bonchev–Trinajstić information content (AvgIpc) is 2.64. The molecule has 1 aromatic heterocycles. The maximum atomic E-state index is 11.8. The monoisotopic (exact) mass is 284 g/mol. The van der Waals surface area contributed by atoms with E-state index in [9.17, 15) is 4.79 Å². The summed E-state index contributed by atoms with van der Waals surface area (Å²) < 4.78 is 1.53. The van der Waals surface area contributed by atoms with Crippen LogP contribution in [0.3, 0.4) is 0 Å². The second-order valence-corrected chi connectivity index (χ2v) is 5.06. The molecule has 0 spiro atoms. The van der Waals surface area contributed by atoms with Gasteiger partial charge in [0, 0.05) is 11.1 Å². The highest BCUT2D eigenvalue weighted by molar-refractivity contribution is 6.31. The van der Waals surface area contributed by atoms with Gasteiger partial charge in [-0.1, -0.05) is 42.3 Å². The molecule has 0 amide bonds. The Morgan fingerprint density at radius 2 is 2.06 bits per heavy atom. The van der Waals surface area contributed by atoms with Crippen LogP contribution in [0.1, 0.15) is 30.5 Å². The van der Waals surface area contributed by atoms with Gasteiger partial charge in [0.2, 0.25) is 0 Å². The topological polar surface area (TPSA) is 37.8 Å². The molecule has 2 aromatic rings. The van der Waals surface area contributed by atoms with E-state index >= 15 is 0 Å². The highest BCUT2D eigenvalue weighted by Crippen LogP contribution is 2.25. The number of H-pyrrole nitrogens is 1. The molecule has 0 aliphatic carbocycles. The number of aromatic nitrogens is 2. The summed E-state index contributed by atoms with van der Waals surface area (Å²) >= 11 is 11.9. The van der Waals surface area contributed by atoms with Gasteiger partial charge in [-0.05, 0) is 30.5 Å². The molecule has 18 heavy (non-hydrogen) atoms. The van der Waals surface area contributed by atoms with Gasteiger partial charge in [-0.2, -0.15) is 0 Å². The van der Waals surface area contributed by atoms with Crippen LogP contribution in [0.2, 0.25) is 10.2 Å². The second-order valence-electron chi connectivity index (χ2n) is 4.24. The van der Waals surface area contributed by atoms with E-state index in [2.05, 4.69) is 5.10 Å². The van der Waals surface area contributed by atoms with E-state index in [4.69, 9.17) is 23.2 Å². The number of hydrogen-bond donors (Lipinski definition) is 1. The largest absolute Gasteiger partial charge is 0.284 e. The zero-order valence-corrected chi connectivity index (χ0v) is 11.7. The third-order valence-corrected chi connectivity index (χ3v) is 3.59. The van der Waals surface area contributed by atoms with Crippen LogP contribution in [0.15, 0.2) is 29.1 Å². The van der Waals surface area contributed by atoms with E-state index < -0.39 is 0 Å². The zero-order chi connectivity index (χ0) is 13.3. The summed E-state index contributed by atoms with van der Waals surface area (Å²) in [6.45, 7) is 3.96. The van der Waals surface area contributed by atoms with Gasteiger partial charge in [-0.15, -0.1) is 0 Å².